The molecule has 1 amide bonds. The molecule has 2 atom stereocenters. The second-order valence-corrected chi connectivity index (χ2v) is 8.50. The standard InChI is InChI=1S/C27H31N3O2/c1-4-29(5-2)27(31)20-13-23-22-10-7-11-24-26(22)19(15-28-24)14-25(23)30(17-20)16-18-8-6-9-21(12-18)32-3/h6-13,15,20,25,28H,4-5,14,16-17H2,1-3H3/t20-,25+/m0/s1/i16D2. The van der Waals surface area contributed by atoms with Crippen molar-refractivity contribution in [2.75, 3.05) is 26.7 Å². The van der Waals surface area contributed by atoms with Crippen LogP contribution in [0, 0.1) is 5.92 Å². The minimum absolute atomic E-state index is 0.0504. The molecule has 0 unspecified atom stereocenters. The molecule has 0 bridgehead atoms. The maximum absolute atomic E-state index is 13.5. The maximum atomic E-state index is 13.5. The number of fused-ring (bicyclic) bond motifs is 2. The van der Waals surface area contributed by atoms with Gasteiger partial charge in [0.05, 0.1) is 13.0 Å². The van der Waals surface area contributed by atoms with E-state index < -0.39 is 12.4 Å². The van der Waals surface area contributed by atoms with Gasteiger partial charge < -0.3 is 14.6 Å². The number of carbonyl (C=O) groups is 1. The summed E-state index contributed by atoms with van der Waals surface area (Å²) in [7, 11) is 1.59. The van der Waals surface area contributed by atoms with Crippen LogP contribution in [0.5, 0.6) is 5.75 Å². The molecule has 1 aliphatic carbocycles. The lowest BCUT2D eigenvalue weighted by molar-refractivity contribution is -0.134. The van der Waals surface area contributed by atoms with E-state index in [1.54, 1.807) is 19.2 Å². The van der Waals surface area contributed by atoms with E-state index in [9.17, 15) is 7.54 Å². The van der Waals surface area contributed by atoms with Crippen LogP contribution in [0.3, 0.4) is 0 Å². The number of carbonyl (C=O) groups excluding carboxylic acids is 1. The van der Waals surface area contributed by atoms with Crippen molar-refractivity contribution < 1.29 is 12.3 Å². The summed E-state index contributed by atoms with van der Waals surface area (Å²) in [6.07, 6.45) is 4.84. The lowest BCUT2D eigenvalue weighted by atomic mass is 9.79. The molecule has 0 spiro atoms. The van der Waals surface area contributed by atoms with Gasteiger partial charge in [0.1, 0.15) is 5.75 Å². The molecule has 0 saturated carbocycles. The predicted octanol–water partition coefficient (Wildman–Crippen LogP) is 4.49. The Labute approximate surface area is 192 Å². The second-order valence-electron chi connectivity index (χ2n) is 8.50. The maximum Gasteiger partial charge on any atom is 0.230 e. The van der Waals surface area contributed by atoms with E-state index in [4.69, 9.17) is 4.74 Å². The fourth-order valence-corrected chi connectivity index (χ4v) is 5.14. The van der Waals surface area contributed by atoms with E-state index in [2.05, 4.69) is 23.2 Å². The molecule has 1 aliphatic heterocycles. The minimum Gasteiger partial charge on any atom is -0.497 e. The zero-order valence-electron chi connectivity index (χ0n) is 20.9. The van der Waals surface area contributed by atoms with Crippen LogP contribution >= 0.6 is 0 Å². The molecule has 0 fully saturated rings. The Morgan fingerprint density at radius 3 is 2.84 bits per heavy atom. The number of H-pyrrole nitrogens is 1. The molecule has 2 aromatic carbocycles. The van der Waals surface area contributed by atoms with Crippen LogP contribution in [0.1, 0.15) is 33.3 Å². The third-order valence-corrected chi connectivity index (χ3v) is 6.76. The van der Waals surface area contributed by atoms with Crippen LogP contribution in [0.25, 0.3) is 16.5 Å². The van der Waals surface area contributed by atoms with E-state index in [1.807, 2.05) is 48.0 Å². The van der Waals surface area contributed by atoms with Gasteiger partial charge in [-0.05, 0) is 60.7 Å². The van der Waals surface area contributed by atoms with Crippen molar-refractivity contribution in [3.8, 4) is 5.75 Å². The zero-order chi connectivity index (χ0) is 24.0. The van der Waals surface area contributed by atoms with Crippen molar-refractivity contribution in [2.45, 2.75) is 32.8 Å². The Kier molecular flexibility index (Phi) is 4.90. The largest absolute Gasteiger partial charge is 0.497 e. The minimum atomic E-state index is -1.79. The van der Waals surface area contributed by atoms with Gasteiger partial charge in [-0.1, -0.05) is 30.3 Å². The van der Waals surface area contributed by atoms with E-state index in [-0.39, 0.29) is 11.9 Å². The highest BCUT2D eigenvalue weighted by molar-refractivity contribution is 5.99. The molecule has 2 heterocycles. The zero-order valence-corrected chi connectivity index (χ0v) is 18.9. The molecule has 3 aromatic rings. The molecular formula is C27H31N3O2. The van der Waals surface area contributed by atoms with Gasteiger partial charge in [-0.25, -0.2) is 0 Å². The molecule has 5 rings (SSSR count). The van der Waals surface area contributed by atoms with Crippen LogP contribution in [-0.4, -0.2) is 53.5 Å². The van der Waals surface area contributed by atoms with Crippen LogP contribution in [0.15, 0.2) is 54.7 Å². The molecule has 166 valence electrons. The third-order valence-electron chi connectivity index (χ3n) is 6.76. The number of ether oxygens (including phenoxy) is 1. The van der Waals surface area contributed by atoms with E-state index >= 15 is 0 Å². The number of methoxy groups -OCH3 is 1. The van der Waals surface area contributed by atoms with Gasteiger partial charge >= 0.3 is 0 Å². The van der Waals surface area contributed by atoms with Gasteiger partial charge in [0.2, 0.25) is 5.91 Å². The van der Waals surface area contributed by atoms with Gasteiger partial charge in [-0.15, -0.1) is 0 Å². The van der Waals surface area contributed by atoms with Gasteiger partial charge in [-0.2, -0.15) is 0 Å². The number of aromatic amines is 1. The van der Waals surface area contributed by atoms with Crippen molar-refractivity contribution in [3.63, 3.8) is 0 Å². The predicted molar refractivity (Wildman–Crippen MR) is 129 cm³/mol. The number of nitrogens with zero attached hydrogens (tertiary/aromatic N) is 2. The lowest BCUT2D eigenvalue weighted by Gasteiger charge is -2.42. The Bertz CT molecular complexity index is 1260. The fourth-order valence-electron chi connectivity index (χ4n) is 5.14. The first-order valence-electron chi connectivity index (χ1n) is 12.4. The molecule has 1 N–H and O–H groups in total. The topological polar surface area (TPSA) is 48.6 Å². The smallest absolute Gasteiger partial charge is 0.230 e. The highest BCUT2D eigenvalue weighted by Gasteiger charge is 2.38. The summed E-state index contributed by atoms with van der Waals surface area (Å²) in [4.78, 5) is 20.6. The molecule has 2 aliphatic rings. The summed E-state index contributed by atoms with van der Waals surface area (Å²) >= 11 is 0. The Morgan fingerprint density at radius 2 is 2.06 bits per heavy atom. The summed E-state index contributed by atoms with van der Waals surface area (Å²) in [5, 5.41) is 1.18. The average Bonchev–Trinajstić information content (AvgIpc) is 3.28. The molecule has 0 saturated heterocycles. The first-order valence-corrected chi connectivity index (χ1v) is 11.4. The Morgan fingerprint density at radius 1 is 1.25 bits per heavy atom. The van der Waals surface area contributed by atoms with Crippen molar-refractivity contribution in [1.29, 1.82) is 0 Å². The number of rotatable bonds is 6. The number of hydrogen-bond acceptors (Lipinski definition) is 3. The molecule has 5 heteroatoms. The number of amides is 1. The Hall–Kier alpha value is -3.05. The molecule has 5 nitrogen and oxygen atoms in total. The van der Waals surface area contributed by atoms with E-state index in [1.165, 1.54) is 10.9 Å². The van der Waals surface area contributed by atoms with Gasteiger partial charge in [-0.3, -0.25) is 9.69 Å². The summed E-state index contributed by atoms with van der Waals surface area (Å²) < 4.78 is 23.9. The number of aromatic nitrogens is 1. The van der Waals surface area contributed by atoms with Gasteiger partial charge in [0.15, 0.2) is 0 Å². The third kappa shape index (κ3) is 3.51. The molecular weight excluding hydrogens is 398 g/mol. The summed E-state index contributed by atoms with van der Waals surface area (Å²) in [5.74, 6) is 0.253. The van der Waals surface area contributed by atoms with Crippen LogP contribution in [0.2, 0.25) is 0 Å². The van der Waals surface area contributed by atoms with Gasteiger partial charge in [0, 0.05) is 52.0 Å². The molecule has 1 aromatic heterocycles. The fraction of sp³-hybridized carbons (Fsp3) is 0.370. The quantitative estimate of drug-likeness (QED) is 0.626. The van der Waals surface area contributed by atoms with Crippen molar-refractivity contribution in [1.82, 2.24) is 14.8 Å². The van der Waals surface area contributed by atoms with Crippen LogP contribution in [0.4, 0.5) is 0 Å². The number of nitrogens with one attached hydrogen (secondary N) is 1. The summed E-state index contributed by atoms with van der Waals surface area (Å²) in [6.45, 7) is 3.78. The normalized spacial score (nSPS) is 21.4. The SMILES string of the molecule is [2H]C([2H])(c1cccc(OC)c1)N1C[C@@H](C(=O)N(CC)CC)C=C2c3cccc4[nH]cc(c34)C[C@H]21. The van der Waals surface area contributed by atoms with Crippen molar-refractivity contribution in [2.24, 2.45) is 5.92 Å². The van der Waals surface area contributed by atoms with Crippen molar-refractivity contribution in [3.05, 3.63) is 71.4 Å². The first kappa shape index (κ1) is 18.5. The molecule has 32 heavy (non-hydrogen) atoms. The van der Waals surface area contributed by atoms with Crippen LogP contribution in [-0.2, 0) is 17.7 Å². The first-order chi connectivity index (χ1) is 16.4. The number of hydrogen-bond donors (Lipinski definition) is 1. The Balaban J connectivity index is 1.65. The van der Waals surface area contributed by atoms with Crippen molar-refractivity contribution >= 4 is 22.4 Å². The highest BCUT2D eigenvalue weighted by atomic mass is 16.5. The lowest BCUT2D eigenvalue weighted by Crippen LogP contribution is -2.48. The number of benzene rings is 2. The van der Waals surface area contributed by atoms with E-state index in [0.717, 1.165) is 16.7 Å². The molecule has 0 radical (unpaired) electrons. The second kappa shape index (κ2) is 8.47. The van der Waals surface area contributed by atoms with Gasteiger partial charge in [0.25, 0.3) is 0 Å². The summed E-state index contributed by atoms with van der Waals surface area (Å²) in [5.41, 5.74) is 4.93. The van der Waals surface area contributed by atoms with E-state index in [0.29, 0.717) is 37.4 Å². The summed E-state index contributed by atoms with van der Waals surface area (Å²) in [6, 6.07) is 13.2. The monoisotopic (exact) mass is 431 g/mol. The van der Waals surface area contributed by atoms with Crippen LogP contribution < -0.4 is 4.74 Å². The average molecular weight is 432 g/mol. The highest BCUT2D eigenvalue weighted by Crippen LogP contribution is 2.42.